The minimum atomic E-state index is -0.0651. The largest absolute Gasteiger partial charge is 0.385 e. The van der Waals surface area contributed by atoms with E-state index in [1.54, 1.807) is 36.3 Å². The molecule has 1 aliphatic heterocycles. The van der Waals surface area contributed by atoms with Gasteiger partial charge in [0.05, 0.1) is 6.54 Å². The van der Waals surface area contributed by atoms with Crippen LogP contribution >= 0.6 is 23.2 Å². The second kappa shape index (κ2) is 11.3. The lowest BCUT2D eigenvalue weighted by Gasteiger charge is -2.33. The van der Waals surface area contributed by atoms with E-state index < -0.39 is 0 Å². The summed E-state index contributed by atoms with van der Waals surface area (Å²) >= 11 is 12.0. The molecule has 1 aromatic rings. The van der Waals surface area contributed by atoms with E-state index >= 15 is 0 Å². The Morgan fingerprint density at radius 1 is 1.22 bits per heavy atom. The molecule has 1 aliphatic rings. The van der Waals surface area contributed by atoms with Crippen LogP contribution in [-0.2, 0) is 14.3 Å². The second-order valence-corrected chi connectivity index (χ2v) is 7.14. The van der Waals surface area contributed by atoms with Crippen LogP contribution in [-0.4, -0.2) is 74.6 Å². The van der Waals surface area contributed by atoms with Gasteiger partial charge < -0.3 is 15.0 Å². The number of amides is 2. The molecule has 8 heteroatoms. The molecule has 2 rings (SSSR count). The van der Waals surface area contributed by atoms with E-state index in [0.29, 0.717) is 55.9 Å². The fourth-order valence-corrected chi connectivity index (χ4v) is 3.20. The molecule has 0 spiro atoms. The van der Waals surface area contributed by atoms with E-state index in [0.717, 1.165) is 12.0 Å². The molecule has 0 aliphatic carbocycles. The third kappa shape index (κ3) is 7.50. The first-order valence-corrected chi connectivity index (χ1v) is 9.65. The molecule has 148 valence electrons. The summed E-state index contributed by atoms with van der Waals surface area (Å²) in [7, 11) is 1.64. The predicted octanol–water partition coefficient (Wildman–Crippen LogP) is 2.30. The number of hydrogen-bond acceptors (Lipinski definition) is 4. The van der Waals surface area contributed by atoms with Gasteiger partial charge in [0.15, 0.2) is 0 Å². The van der Waals surface area contributed by atoms with Crippen LogP contribution in [0.5, 0.6) is 0 Å². The van der Waals surface area contributed by atoms with Crippen molar-refractivity contribution in [1.29, 1.82) is 0 Å². The Labute approximate surface area is 170 Å². The summed E-state index contributed by atoms with van der Waals surface area (Å²) in [5.74, 6) is -0.0622. The van der Waals surface area contributed by atoms with Crippen molar-refractivity contribution in [2.24, 2.45) is 0 Å². The van der Waals surface area contributed by atoms with Gasteiger partial charge in [0.1, 0.15) is 0 Å². The third-order valence-corrected chi connectivity index (χ3v) is 4.83. The minimum Gasteiger partial charge on any atom is -0.385 e. The average Bonchev–Trinajstić information content (AvgIpc) is 2.65. The first-order chi connectivity index (χ1) is 13.0. The number of nitrogens with one attached hydrogen (secondary N) is 1. The highest BCUT2D eigenvalue weighted by atomic mass is 35.5. The number of benzene rings is 1. The molecule has 0 bridgehead atoms. The van der Waals surface area contributed by atoms with Crippen LogP contribution in [0.3, 0.4) is 0 Å². The van der Waals surface area contributed by atoms with Gasteiger partial charge >= 0.3 is 0 Å². The van der Waals surface area contributed by atoms with Crippen LogP contribution in [0, 0.1) is 0 Å². The monoisotopic (exact) mass is 413 g/mol. The number of rotatable bonds is 8. The standard InChI is InChI=1S/C19H25Cl2N3O3/c1-27-12-2-7-22-18(25)14-23-8-10-24(11-9-23)19(26)6-4-15-3-5-16(20)13-17(15)21/h3-6,13H,2,7-12,14H2,1H3,(H,22,25)/b6-4+. The van der Waals surface area contributed by atoms with Gasteiger partial charge in [-0.05, 0) is 30.2 Å². The van der Waals surface area contributed by atoms with Gasteiger partial charge in [0.25, 0.3) is 0 Å². The van der Waals surface area contributed by atoms with Gasteiger partial charge in [-0.3, -0.25) is 14.5 Å². The molecular formula is C19H25Cl2N3O3. The van der Waals surface area contributed by atoms with Crippen LogP contribution < -0.4 is 5.32 Å². The number of methoxy groups -OCH3 is 1. The zero-order valence-corrected chi connectivity index (χ0v) is 16.9. The highest BCUT2D eigenvalue weighted by Gasteiger charge is 2.21. The zero-order chi connectivity index (χ0) is 19.6. The molecule has 6 nitrogen and oxygen atoms in total. The molecule has 0 saturated carbocycles. The van der Waals surface area contributed by atoms with E-state index in [9.17, 15) is 9.59 Å². The van der Waals surface area contributed by atoms with Crippen molar-refractivity contribution >= 4 is 41.1 Å². The number of piperazine rings is 1. The summed E-state index contributed by atoms with van der Waals surface area (Å²) in [5.41, 5.74) is 0.748. The molecule has 0 aromatic heterocycles. The number of carbonyl (C=O) groups is 2. The normalized spacial score (nSPS) is 15.3. The van der Waals surface area contributed by atoms with E-state index in [-0.39, 0.29) is 11.8 Å². The molecule has 1 fully saturated rings. The van der Waals surface area contributed by atoms with Crippen LogP contribution in [0.15, 0.2) is 24.3 Å². The van der Waals surface area contributed by atoms with Crippen LogP contribution in [0.4, 0.5) is 0 Å². The molecule has 0 atom stereocenters. The molecule has 27 heavy (non-hydrogen) atoms. The fourth-order valence-electron chi connectivity index (χ4n) is 2.73. The van der Waals surface area contributed by atoms with E-state index in [1.807, 2.05) is 0 Å². The van der Waals surface area contributed by atoms with Crippen molar-refractivity contribution in [2.75, 3.05) is 53.0 Å². The summed E-state index contributed by atoms with van der Waals surface area (Å²) in [6, 6.07) is 5.15. The second-order valence-electron chi connectivity index (χ2n) is 6.30. The smallest absolute Gasteiger partial charge is 0.246 e. The summed E-state index contributed by atoms with van der Waals surface area (Å²) in [4.78, 5) is 28.1. The Kier molecular flexibility index (Phi) is 9.07. The number of carbonyl (C=O) groups excluding carboxylic acids is 2. The molecule has 0 radical (unpaired) electrons. The third-order valence-electron chi connectivity index (χ3n) is 4.27. The van der Waals surface area contributed by atoms with Crippen molar-refractivity contribution in [3.8, 4) is 0 Å². The van der Waals surface area contributed by atoms with E-state index in [1.165, 1.54) is 6.08 Å². The lowest BCUT2D eigenvalue weighted by atomic mass is 10.2. The molecule has 1 saturated heterocycles. The Bertz CT molecular complexity index is 674. The quantitative estimate of drug-likeness (QED) is 0.524. The summed E-state index contributed by atoms with van der Waals surface area (Å²) < 4.78 is 4.95. The number of hydrogen-bond donors (Lipinski definition) is 1. The minimum absolute atomic E-state index is 0.00292. The van der Waals surface area contributed by atoms with Gasteiger partial charge in [-0.2, -0.15) is 0 Å². The maximum absolute atomic E-state index is 12.3. The lowest BCUT2D eigenvalue weighted by Crippen LogP contribution is -2.50. The van der Waals surface area contributed by atoms with Gasteiger partial charge in [-0.15, -0.1) is 0 Å². The lowest BCUT2D eigenvalue weighted by molar-refractivity contribution is -0.128. The summed E-state index contributed by atoms with van der Waals surface area (Å²) in [6.07, 6.45) is 4.02. The van der Waals surface area contributed by atoms with Crippen molar-refractivity contribution in [1.82, 2.24) is 15.1 Å². The molecule has 1 aromatic carbocycles. The average molecular weight is 414 g/mol. The Balaban J connectivity index is 1.73. The predicted molar refractivity (Wildman–Crippen MR) is 108 cm³/mol. The molecule has 0 unspecified atom stereocenters. The molecular weight excluding hydrogens is 389 g/mol. The summed E-state index contributed by atoms with van der Waals surface area (Å²) in [5, 5.41) is 3.94. The van der Waals surface area contributed by atoms with Crippen LogP contribution in [0.1, 0.15) is 12.0 Å². The van der Waals surface area contributed by atoms with Crippen molar-refractivity contribution in [2.45, 2.75) is 6.42 Å². The maximum atomic E-state index is 12.3. The zero-order valence-electron chi connectivity index (χ0n) is 15.4. The van der Waals surface area contributed by atoms with Crippen molar-refractivity contribution in [3.05, 3.63) is 39.9 Å². The van der Waals surface area contributed by atoms with E-state index in [4.69, 9.17) is 27.9 Å². The number of nitrogens with zero attached hydrogens (tertiary/aromatic N) is 2. The summed E-state index contributed by atoms with van der Waals surface area (Å²) in [6.45, 7) is 4.13. The maximum Gasteiger partial charge on any atom is 0.246 e. The van der Waals surface area contributed by atoms with Crippen LogP contribution in [0.2, 0.25) is 10.0 Å². The highest BCUT2D eigenvalue weighted by Crippen LogP contribution is 2.22. The number of ether oxygens (including phenoxy) is 1. The fraction of sp³-hybridized carbons (Fsp3) is 0.474. The highest BCUT2D eigenvalue weighted by molar-refractivity contribution is 6.35. The Morgan fingerprint density at radius 2 is 1.96 bits per heavy atom. The van der Waals surface area contributed by atoms with Crippen molar-refractivity contribution < 1.29 is 14.3 Å². The van der Waals surface area contributed by atoms with E-state index in [2.05, 4.69) is 10.2 Å². The first-order valence-electron chi connectivity index (χ1n) is 8.89. The molecule has 1 heterocycles. The van der Waals surface area contributed by atoms with Crippen LogP contribution in [0.25, 0.3) is 6.08 Å². The van der Waals surface area contributed by atoms with Gasteiger partial charge in [0, 0.05) is 62.6 Å². The van der Waals surface area contributed by atoms with Gasteiger partial charge in [-0.1, -0.05) is 29.3 Å². The Morgan fingerprint density at radius 3 is 2.63 bits per heavy atom. The Hall–Kier alpha value is -1.60. The first kappa shape index (κ1) is 21.7. The topological polar surface area (TPSA) is 61.9 Å². The van der Waals surface area contributed by atoms with Gasteiger partial charge in [0.2, 0.25) is 11.8 Å². The molecule has 1 N–H and O–H groups in total. The number of halogens is 2. The molecule has 2 amide bonds. The van der Waals surface area contributed by atoms with Crippen molar-refractivity contribution in [3.63, 3.8) is 0 Å². The SMILES string of the molecule is COCCCNC(=O)CN1CCN(C(=O)/C=C/c2ccc(Cl)cc2Cl)CC1. The van der Waals surface area contributed by atoms with Gasteiger partial charge in [-0.25, -0.2) is 0 Å².